The lowest BCUT2D eigenvalue weighted by molar-refractivity contribution is -0.121. The van der Waals surface area contributed by atoms with Crippen molar-refractivity contribution in [2.45, 2.75) is 38.8 Å². The molecule has 0 saturated heterocycles. The summed E-state index contributed by atoms with van der Waals surface area (Å²) in [6.45, 7) is 3.92. The van der Waals surface area contributed by atoms with Crippen LogP contribution in [0.3, 0.4) is 0 Å². The summed E-state index contributed by atoms with van der Waals surface area (Å²) >= 11 is 1.58. The number of amides is 1. The molecule has 19 heavy (non-hydrogen) atoms. The third-order valence-electron chi connectivity index (χ3n) is 3.20. The van der Waals surface area contributed by atoms with Gasteiger partial charge in [-0.1, -0.05) is 17.4 Å². The lowest BCUT2D eigenvalue weighted by atomic mass is 10.2. The van der Waals surface area contributed by atoms with Gasteiger partial charge in [0.2, 0.25) is 5.91 Å². The third kappa shape index (κ3) is 2.87. The van der Waals surface area contributed by atoms with Gasteiger partial charge in [-0.25, -0.2) is 4.98 Å². The second-order valence-electron chi connectivity index (χ2n) is 5.14. The minimum Gasteiger partial charge on any atom is -0.352 e. The van der Waals surface area contributed by atoms with Crippen LogP contribution in [0.1, 0.15) is 25.3 Å². The van der Waals surface area contributed by atoms with Gasteiger partial charge in [-0.15, -0.1) is 0 Å². The number of nitrogens with zero attached hydrogens (tertiary/aromatic N) is 1. The average Bonchev–Trinajstić information content (AvgIpc) is 3.08. The maximum absolute atomic E-state index is 11.9. The molecule has 0 spiro atoms. The Balaban J connectivity index is 1.71. The summed E-state index contributed by atoms with van der Waals surface area (Å²) in [6, 6.07) is 6.36. The van der Waals surface area contributed by atoms with Gasteiger partial charge in [-0.3, -0.25) is 4.79 Å². The molecule has 4 nitrogen and oxygen atoms in total. The molecule has 1 aromatic heterocycles. The van der Waals surface area contributed by atoms with E-state index in [0.29, 0.717) is 6.04 Å². The Morgan fingerprint density at radius 1 is 1.47 bits per heavy atom. The molecule has 1 aromatic carbocycles. The fourth-order valence-corrected chi connectivity index (χ4v) is 2.84. The first kappa shape index (κ1) is 12.4. The van der Waals surface area contributed by atoms with Crippen LogP contribution < -0.4 is 10.6 Å². The van der Waals surface area contributed by atoms with Gasteiger partial charge in [0.1, 0.15) is 6.04 Å². The van der Waals surface area contributed by atoms with E-state index in [0.717, 1.165) is 28.2 Å². The summed E-state index contributed by atoms with van der Waals surface area (Å²) in [5.41, 5.74) is 2.19. The Labute approximate surface area is 116 Å². The topological polar surface area (TPSA) is 54.0 Å². The van der Waals surface area contributed by atoms with Crippen LogP contribution in [-0.4, -0.2) is 23.0 Å². The second-order valence-corrected chi connectivity index (χ2v) is 6.17. The van der Waals surface area contributed by atoms with E-state index in [9.17, 15) is 4.79 Å². The number of carbonyl (C=O) groups excluding carboxylic acids is 1. The molecule has 0 aliphatic heterocycles. The lowest BCUT2D eigenvalue weighted by Gasteiger charge is -2.12. The van der Waals surface area contributed by atoms with Gasteiger partial charge in [0.05, 0.1) is 10.2 Å². The van der Waals surface area contributed by atoms with Crippen LogP contribution in [-0.2, 0) is 4.79 Å². The number of aryl methyl sites for hydroxylation is 1. The van der Waals surface area contributed by atoms with Crippen LogP contribution in [0.4, 0.5) is 5.13 Å². The van der Waals surface area contributed by atoms with Crippen molar-refractivity contribution >= 4 is 32.6 Å². The van der Waals surface area contributed by atoms with Gasteiger partial charge in [0.25, 0.3) is 0 Å². The third-order valence-corrected chi connectivity index (χ3v) is 4.17. The molecule has 1 saturated carbocycles. The predicted octanol–water partition coefficient (Wildman–Crippen LogP) is 2.68. The van der Waals surface area contributed by atoms with Gasteiger partial charge in [0.15, 0.2) is 5.13 Å². The molecule has 5 heteroatoms. The molecule has 1 aliphatic rings. The first-order valence-electron chi connectivity index (χ1n) is 6.56. The van der Waals surface area contributed by atoms with E-state index in [1.165, 1.54) is 5.56 Å². The number of fused-ring (bicyclic) bond motifs is 1. The number of rotatable bonds is 4. The summed E-state index contributed by atoms with van der Waals surface area (Å²) in [4.78, 5) is 16.4. The Morgan fingerprint density at radius 2 is 2.26 bits per heavy atom. The van der Waals surface area contributed by atoms with E-state index >= 15 is 0 Å². The van der Waals surface area contributed by atoms with Crippen molar-refractivity contribution in [1.29, 1.82) is 0 Å². The van der Waals surface area contributed by atoms with E-state index in [4.69, 9.17) is 0 Å². The first-order chi connectivity index (χ1) is 9.11. The largest absolute Gasteiger partial charge is 0.352 e. The number of thiazole rings is 1. The quantitative estimate of drug-likeness (QED) is 0.902. The van der Waals surface area contributed by atoms with E-state index < -0.39 is 0 Å². The van der Waals surface area contributed by atoms with E-state index in [-0.39, 0.29) is 11.9 Å². The number of anilines is 1. The van der Waals surface area contributed by atoms with Crippen molar-refractivity contribution in [3.63, 3.8) is 0 Å². The zero-order valence-corrected chi connectivity index (χ0v) is 11.9. The number of hydrogen-bond acceptors (Lipinski definition) is 4. The van der Waals surface area contributed by atoms with Crippen molar-refractivity contribution in [2.24, 2.45) is 0 Å². The highest BCUT2D eigenvalue weighted by molar-refractivity contribution is 7.22. The molecule has 2 N–H and O–H groups in total. The van der Waals surface area contributed by atoms with Crippen LogP contribution in [0.5, 0.6) is 0 Å². The maximum Gasteiger partial charge on any atom is 0.242 e. The molecule has 1 fully saturated rings. The Morgan fingerprint density at radius 3 is 3.00 bits per heavy atom. The van der Waals surface area contributed by atoms with Crippen LogP contribution in [0, 0.1) is 6.92 Å². The highest BCUT2D eigenvalue weighted by atomic mass is 32.1. The van der Waals surface area contributed by atoms with Gasteiger partial charge < -0.3 is 10.6 Å². The van der Waals surface area contributed by atoms with Gasteiger partial charge >= 0.3 is 0 Å². The van der Waals surface area contributed by atoms with Gasteiger partial charge in [-0.05, 0) is 44.4 Å². The summed E-state index contributed by atoms with van der Waals surface area (Å²) in [5.74, 6) is 0.0536. The fraction of sp³-hybridized carbons (Fsp3) is 0.429. The SMILES string of the molecule is Cc1ccc2sc(NC(C)C(=O)NC3CC3)nc2c1. The molecule has 0 radical (unpaired) electrons. The summed E-state index contributed by atoms with van der Waals surface area (Å²) in [7, 11) is 0. The highest BCUT2D eigenvalue weighted by Crippen LogP contribution is 2.27. The molecular weight excluding hydrogens is 258 g/mol. The average molecular weight is 275 g/mol. The maximum atomic E-state index is 11.9. The van der Waals surface area contributed by atoms with Crippen molar-refractivity contribution in [2.75, 3.05) is 5.32 Å². The summed E-state index contributed by atoms with van der Waals surface area (Å²) < 4.78 is 1.14. The van der Waals surface area contributed by atoms with Crippen molar-refractivity contribution in [3.8, 4) is 0 Å². The van der Waals surface area contributed by atoms with Crippen molar-refractivity contribution in [3.05, 3.63) is 23.8 Å². The molecule has 1 unspecified atom stereocenters. The molecule has 3 rings (SSSR count). The van der Waals surface area contributed by atoms with E-state index in [1.54, 1.807) is 11.3 Å². The number of nitrogens with one attached hydrogen (secondary N) is 2. The van der Waals surface area contributed by atoms with Crippen molar-refractivity contribution < 1.29 is 4.79 Å². The fourth-order valence-electron chi connectivity index (χ4n) is 1.90. The van der Waals surface area contributed by atoms with Crippen molar-refractivity contribution in [1.82, 2.24) is 10.3 Å². The van der Waals surface area contributed by atoms with Crippen LogP contribution in [0.2, 0.25) is 0 Å². The van der Waals surface area contributed by atoms with Crippen LogP contribution in [0.15, 0.2) is 18.2 Å². The van der Waals surface area contributed by atoms with Gasteiger partial charge in [-0.2, -0.15) is 0 Å². The number of hydrogen-bond donors (Lipinski definition) is 2. The Bertz CT molecular complexity index is 618. The predicted molar refractivity (Wildman–Crippen MR) is 78.6 cm³/mol. The van der Waals surface area contributed by atoms with Crippen LogP contribution >= 0.6 is 11.3 Å². The minimum atomic E-state index is -0.248. The Hall–Kier alpha value is -1.62. The summed E-state index contributed by atoms with van der Waals surface area (Å²) in [6.07, 6.45) is 2.22. The standard InChI is InChI=1S/C14H17N3OS/c1-8-3-6-12-11(7-8)17-14(19-12)15-9(2)13(18)16-10-4-5-10/h3,6-7,9-10H,4-5H2,1-2H3,(H,15,17)(H,16,18). The minimum absolute atomic E-state index is 0.0536. The zero-order valence-electron chi connectivity index (χ0n) is 11.1. The molecule has 1 amide bonds. The Kier molecular flexibility index (Phi) is 3.14. The zero-order chi connectivity index (χ0) is 13.4. The number of benzene rings is 1. The molecule has 0 bridgehead atoms. The number of aromatic nitrogens is 1. The molecule has 1 heterocycles. The highest BCUT2D eigenvalue weighted by Gasteiger charge is 2.25. The molecule has 2 aromatic rings. The van der Waals surface area contributed by atoms with E-state index in [2.05, 4.69) is 40.7 Å². The monoisotopic (exact) mass is 275 g/mol. The second kappa shape index (κ2) is 4.81. The smallest absolute Gasteiger partial charge is 0.242 e. The molecular formula is C14H17N3OS. The molecule has 1 aliphatic carbocycles. The molecule has 1 atom stereocenters. The summed E-state index contributed by atoms with van der Waals surface area (Å²) in [5, 5.41) is 6.98. The normalized spacial score (nSPS) is 16.3. The molecule has 100 valence electrons. The number of carbonyl (C=O) groups is 1. The first-order valence-corrected chi connectivity index (χ1v) is 7.37. The van der Waals surface area contributed by atoms with Crippen LogP contribution in [0.25, 0.3) is 10.2 Å². The lowest BCUT2D eigenvalue weighted by Crippen LogP contribution is -2.38. The van der Waals surface area contributed by atoms with Gasteiger partial charge in [0, 0.05) is 6.04 Å². The van der Waals surface area contributed by atoms with E-state index in [1.807, 2.05) is 6.92 Å².